The smallest absolute Gasteiger partial charge is 0.158 e. The van der Waals surface area contributed by atoms with Gasteiger partial charge < -0.3 is 19.7 Å². The van der Waals surface area contributed by atoms with Crippen molar-refractivity contribution in [3.8, 4) is 11.8 Å². The number of hydrogen-bond acceptors (Lipinski definition) is 4. The molecule has 0 aromatic heterocycles. The molecule has 1 fully saturated rings. The number of rotatable bonds is 6. The van der Waals surface area contributed by atoms with E-state index in [4.69, 9.17) is 9.47 Å². The fraction of sp³-hybridized carbons (Fsp3) is 0.714. The average molecular weight is 254 g/mol. The second-order valence-corrected chi connectivity index (χ2v) is 4.36. The SMILES string of the molecule is C=CC(O)CC(O)CC#CCOC1CCCCO1. The molecule has 0 amide bonds. The lowest BCUT2D eigenvalue weighted by Gasteiger charge is -2.21. The molecule has 3 unspecified atom stereocenters. The number of aliphatic hydroxyl groups excluding tert-OH is 2. The standard InChI is InChI=1S/C14H22O4/c1-2-12(15)11-13(16)7-3-5-9-17-14-8-4-6-10-18-14/h2,12-16H,1,4,6-11H2. The Hall–Kier alpha value is -0.860. The molecule has 1 aliphatic rings. The molecule has 1 rings (SSSR count). The monoisotopic (exact) mass is 254 g/mol. The van der Waals surface area contributed by atoms with Crippen molar-refractivity contribution in [1.82, 2.24) is 0 Å². The van der Waals surface area contributed by atoms with Gasteiger partial charge in [-0.1, -0.05) is 17.9 Å². The highest BCUT2D eigenvalue weighted by atomic mass is 16.7. The fourth-order valence-corrected chi connectivity index (χ4v) is 1.68. The van der Waals surface area contributed by atoms with E-state index in [1.165, 1.54) is 6.08 Å². The summed E-state index contributed by atoms with van der Waals surface area (Å²) in [6, 6.07) is 0. The maximum atomic E-state index is 9.52. The Bertz CT molecular complexity index is 286. The topological polar surface area (TPSA) is 58.9 Å². The van der Waals surface area contributed by atoms with Crippen molar-refractivity contribution >= 4 is 0 Å². The fourth-order valence-electron chi connectivity index (χ4n) is 1.68. The van der Waals surface area contributed by atoms with Gasteiger partial charge in [0.25, 0.3) is 0 Å². The molecule has 0 saturated carbocycles. The third-order valence-electron chi connectivity index (χ3n) is 2.73. The number of ether oxygens (including phenoxy) is 2. The molecule has 0 aliphatic carbocycles. The van der Waals surface area contributed by atoms with Gasteiger partial charge in [0.15, 0.2) is 6.29 Å². The Labute approximate surface area is 109 Å². The minimum absolute atomic E-state index is 0.124. The normalized spacial score (nSPS) is 22.7. The summed E-state index contributed by atoms with van der Waals surface area (Å²) in [6.07, 6.45) is 3.74. The highest BCUT2D eigenvalue weighted by Gasteiger charge is 2.12. The second-order valence-electron chi connectivity index (χ2n) is 4.36. The number of hydrogen-bond donors (Lipinski definition) is 2. The van der Waals surface area contributed by atoms with Crippen LogP contribution >= 0.6 is 0 Å². The van der Waals surface area contributed by atoms with Gasteiger partial charge in [0, 0.05) is 19.4 Å². The molecule has 3 atom stereocenters. The van der Waals surface area contributed by atoms with Crippen molar-refractivity contribution in [3.63, 3.8) is 0 Å². The molecule has 4 heteroatoms. The highest BCUT2D eigenvalue weighted by molar-refractivity contribution is 5.01. The lowest BCUT2D eigenvalue weighted by molar-refractivity contribution is -0.154. The van der Waals surface area contributed by atoms with Crippen molar-refractivity contribution in [2.75, 3.05) is 13.2 Å². The second kappa shape index (κ2) is 9.12. The molecule has 0 spiro atoms. The molecular weight excluding hydrogens is 232 g/mol. The van der Waals surface area contributed by atoms with E-state index < -0.39 is 12.2 Å². The van der Waals surface area contributed by atoms with Crippen LogP contribution in [0.3, 0.4) is 0 Å². The van der Waals surface area contributed by atoms with E-state index in [2.05, 4.69) is 18.4 Å². The van der Waals surface area contributed by atoms with E-state index in [0.717, 1.165) is 25.9 Å². The van der Waals surface area contributed by atoms with E-state index >= 15 is 0 Å². The predicted molar refractivity (Wildman–Crippen MR) is 68.8 cm³/mol. The summed E-state index contributed by atoms with van der Waals surface area (Å²) in [6.45, 7) is 4.53. The summed E-state index contributed by atoms with van der Waals surface area (Å²) in [7, 11) is 0. The van der Waals surface area contributed by atoms with E-state index in [-0.39, 0.29) is 12.7 Å². The first kappa shape index (κ1) is 15.2. The average Bonchev–Trinajstić information content (AvgIpc) is 2.39. The zero-order valence-corrected chi connectivity index (χ0v) is 10.7. The van der Waals surface area contributed by atoms with Gasteiger partial charge in [-0.15, -0.1) is 6.58 Å². The minimum atomic E-state index is -0.673. The lowest BCUT2D eigenvalue weighted by Crippen LogP contribution is -2.22. The Kier molecular flexibility index (Phi) is 7.70. The van der Waals surface area contributed by atoms with Crippen LogP contribution in [-0.2, 0) is 9.47 Å². The number of aliphatic hydroxyl groups is 2. The summed E-state index contributed by atoms with van der Waals surface area (Å²) in [5, 5.41) is 18.8. The van der Waals surface area contributed by atoms with Crippen LogP contribution in [0.5, 0.6) is 0 Å². The van der Waals surface area contributed by atoms with Gasteiger partial charge in [-0.05, 0) is 19.3 Å². The van der Waals surface area contributed by atoms with Crippen LogP contribution in [0.15, 0.2) is 12.7 Å². The van der Waals surface area contributed by atoms with Crippen LogP contribution in [0.2, 0.25) is 0 Å². The van der Waals surface area contributed by atoms with Crippen LogP contribution in [0, 0.1) is 11.8 Å². The Morgan fingerprint density at radius 2 is 2.22 bits per heavy atom. The first-order chi connectivity index (χ1) is 8.72. The zero-order valence-electron chi connectivity index (χ0n) is 10.7. The third-order valence-corrected chi connectivity index (χ3v) is 2.73. The highest BCUT2D eigenvalue weighted by Crippen LogP contribution is 2.13. The van der Waals surface area contributed by atoms with Gasteiger partial charge in [-0.25, -0.2) is 0 Å². The van der Waals surface area contributed by atoms with Crippen LogP contribution in [-0.4, -0.2) is 41.9 Å². The van der Waals surface area contributed by atoms with Gasteiger partial charge in [0.05, 0.1) is 12.2 Å². The quantitative estimate of drug-likeness (QED) is 0.553. The largest absolute Gasteiger partial charge is 0.392 e. The van der Waals surface area contributed by atoms with Gasteiger partial charge in [-0.2, -0.15) is 0 Å². The van der Waals surface area contributed by atoms with E-state index in [1.54, 1.807) is 0 Å². The van der Waals surface area contributed by atoms with Crippen molar-refractivity contribution in [3.05, 3.63) is 12.7 Å². The van der Waals surface area contributed by atoms with Gasteiger partial charge in [0.2, 0.25) is 0 Å². The molecule has 1 heterocycles. The molecule has 0 aromatic rings. The molecule has 0 radical (unpaired) electrons. The zero-order chi connectivity index (χ0) is 13.2. The van der Waals surface area contributed by atoms with Crippen molar-refractivity contribution in [1.29, 1.82) is 0 Å². The lowest BCUT2D eigenvalue weighted by atomic mass is 10.1. The molecular formula is C14H22O4. The summed E-state index contributed by atoms with van der Waals surface area (Å²) in [5.41, 5.74) is 0. The predicted octanol–water partition coefficient (Wildman–Crippen LogP) is 1.22. The van der Waals surface area contributed by atoms with Gasteiger partial charge >= 0.3 is 0 Å². The van der Waals surface area contributed by atoms with Gasteiger partial charge in [-0.3, -0.25) is 0 Å². The third kappa shape index (κ3) is 6.77. The molecule has 2 N–H and O–H groups in total. The minimum Gasteiger partial charge on any atom is -0.392 e. The van der Waals surface area contributed by atoms with Crippen molar-refractivity contribution < 1.29 is 19.7 Å². The summed E-state index contributed by atoms with van der Waals surface area (Å²) >= 11 is 0. The maximum Gasteiger partial charge on any atom is 0.158 e. The van der Waals surface area contributed by atoms with Crippen LogP contribution in [0.25, 0.3) is 0 Å². The Balaban J connectivity index is 2.07. The van der Waals surface area contributed by atoms with Crippen LogP contribution < -0.4 is 0 Å². The van der Waals surface area contributed by atoms with E-state index in [1.807, 2.05) is 0 Å². The van der Waals surface area contributed by atoms with Crippen LogP contribution in [0.1, 0.15) is 32.1 Å². The molecule has 102 valence electrons. The van der Waals surface area contributed by atoms with E-state index in [0.29, 0.717) is 13.0 Å². The maximum absolute atomic E-state index is 9.52. The summed E-state index contributed by atoms with van der Waals surface area (Å²) in [4.78, 5) is 0. The van der Waals surface area contributed by atoms with Crippen molar-refractivity contribution in [2.45, 2.75) is 50.6 Å². The Morgan fingerprint density at radius 1 is 1.39 bits per heavy atom. The van der Waals surface area contributed by atoms with Gasteiger partial charge in [0.1, 0.15) is 6.61 Å². The summed E-state index contributed by atoms with van der Waals surface area (Å²) in [5.74, 6) is 5.66. The molecule has 1 saturated heterocycles. The molecule has 0 aromatic carbocycles. The molecule has 0 bridgehead atoms. The molecule has 4 nitrogen and oxygen atoms in total. The molecule has 18 heavy (non-hydrogen) atoms. The van der Waals surface area contributed by atoms with Crippen LogP contribution in [0.4, 0.5) is 0 Å². The summed E-state index contributed by atoms with van der Waals surface area (Å²) < 4.78 is 10.8. The first-order valence-corrected chi connectivity index (χ1v) is 6.40. The molecule has 1 aliphatic heterocycles. The van der Waals surface area contributed by atoms with Crippen molar-refractivity contribution in [2.24, 2.45) is 0 Å². The Morgan fingerprint density at radius 3 is 2.89 bits per heavy atom. The van der Waals surface area contributed by atoms with E-state index in [9.17, 15) is 10.2 Å². The first-order valence-electron chi connectivity index (χ1n) is 6.40.